The molecule has 0 fully saturated rings. The number of carbonyl (C=O) groups is 2. The van der Waals surface area contributed by atoms with E-state index in [0.717, 1.165) is 0 Å². The van der Waals surface area contributed by atoms with Gasteiger partial charge in [-0.1, -0.05) is 12.1 Å². The van der Waals surface area contributed by atoms with E-state index in [1.165, 1.54) is 18.2 Å². The smallest absolute Gasteiger partial charge is 0.407 e. The molecule has 0 saturated carbocycles. The van der Waals surface area contributed by atoms with E-state index in [0.29, 0.717) is 13.0 Å². The summed E-state index contributed by atoms with van der Waals surface area (Å²) in [7, 11) is 0. The summed E-state index contributed by atoms with van der Waals surface area (Å²) in [4.78, 5) is 23.1. The maximum absolute atomic E-state index is 13.4. The van der Waals surface area contributed by atoms with Crippen molar-refractivity contribution in [2.75, 3.05) is 6.54 Å². The van der Waals surface area contributed by atoms with E-state index >= 15 is 0 Å². The summed E-state index contributed by atoms with van der Waals surface area (Å²) in [5.41, 5.74) is -0.461. The molecule has 1 amide bonds. The van der Waals surface area contributed by atoms with E-state index in [-0.39, 0.29) is 17.8 Å². The van der Waals surface area contributed by atoms with Crippen LogP contribution in [0.1, 0.15) is 44.0 Å². The number of rotatable bonds is 5. The van der Waals surface area contributed by atoms with E-state index in [2.05, 4.69) is 5.32 Å². The lowest BCUT2D eigenvalue weighted by Gasteiger charge is -2.19. The van der Waals surface area contributed by atoms with Crippen molar-refractivity contribution in [2.24, 2.45) is 0 Å². The number of benzene rings is 1. The summed E-state index contributed by atoms with van der Waals surface area (Å²) in [5, 5.41) is 2.55. The minimum absolute atomic E-state index is 0.0877. The van der Waals surface area contributed by atoms with Gasteiger partial charge in [-0.25, -0.2) is 9.18 Å². The molecule has 0 unspecified atom stereocenters. The SMILES string of the molecule is CC(C)(C)OC(=O)NCCCC(=O)c1ccccc1F. The van der Waals surface area contributed by atoms with Crippen molar-refractivity contribution in [3.63, 3.8) is 0 Å². The highest BCUT2D eigenvalue weighted by Crippen LogP contribution is 2.10. The number of alkyl carbamates (subject to hydrolysis) is 1. The predicted molar refractivity (Wildman–Crippen MR) is 74.2 cm³/mol. The highest BCUT2D eigenvalue weighted by molar-refractivity contribution is 5.96. The minimum Gasteiger partial charge on any atom is -0.444 e. The first kappa shape index (κ1) is 16.1. The number of ether oxygens (including phenoxy) is 1. The number of amides is 1. The van der Waals surface area contributed by atoms with Gasteiger partial charge in [0, 0.05) is 13.0 Å². The molecule has 0 radical (unpaired) electrons. The molecule has 0 spiro atoms. The predicted octanol–water partition coefficient (Wildman–Crippen LogP) is 3.31. The van der Waals surface area contributed by atoms with Gasteiger partial charge in [-0.3, -0.25) is 4.79 Å². The molecule has 0 aliphatic heterocycles. The fourth-order valence-electron chi connectivity index (χ4n) is 1.58. The molecule has 0 aliphatic carbocycles. The molecule has 4 nitrogen and oxygen atoms in total. The largest absolute Gasteiger partial charge is 0.444 e. The van der Waals surface area contributed by atoms with Gasteiger partial charge < -0.3 is 10.1 Å². The van der Waals surface area contributed by atoms with Gasteiger partial charge in [0.2, 0.25) is 0 Å². The fraction of sp³-hybridized carbons (Fsp3) is 0.467. The van der Waals surface area contributed by atoms with E-state index in [1.54, 1.807) is 26.8 Å². The second kappa shape index (κ2) is 7.03. The summed E-state index contributed by atoms with van der Waals surface area (Å²) in [6.45, 7) is 5.63. The molecule has 0 saturated heterocycles. The van der Waals surface area contributed by atoms with Crippen LogP contribution >= 0.6 is 0 Å². The third kappa shape index (κ3) is 5.82. The van der Waals surface area contributed by atoms with Crippen LogP contribution < -0.4 is 5.32 Å². The van der Waals surface area contributed by atoms with Gasteiger partial charge >= 0.3 is 6.09 Å². The lowest BCUT2D eigenvalue weighted by atomic mass is 10.1. The Balaban J connectivity index is 2.30. The molecular formula is C15H20FNO3. The average Bonchev–Trinajstić information content (AvgIpc) is 2.33. The third-order valence-electron chi connectivity index (χ3n) is 2.42. The Kier molecular flexibility index (Phi) is 5.67. The van der Waals surface area contributed by atoms with E-state index < -0.39 is 17.5 Å². The van der Waals surface area contributed by atoms with Crippen LogP contribution in [-0.4, -0.2) is 24.0 Å². The number of hydrogen-bond acceptors (Lipinski definition) is 3. The summed E-state index contributed by atoms with van der Waals surface area (Å²) in [5.74, 6) is -0.785. The lowest BCUT2D eigenvalue weighted by Crippen LogP contribution is -2.33. The van der Waals surface area contributed by atoms with Gasteiger partial charge in [0.15, 0.2) is 5.78 Å². The molecule has 1 N–H and O–H groups in total. The Morgan fingerprint density at radius 1 is 1.25 bits per heavy atom. The Morgan fingerprint density at radius 3 is 2.50 bits per heavy atom. The van der Waals surface area contributed by atoms with Gasteiger partial charge in [0.25, 0.3) is 0 Å². The minimum atomic E-state index is -0.549. The molecule has 20 heavy (non-hydrogen) atoms. The number of ketones is 1. The van der Waals surface area contributed by atoms with Crippen molar-refractivity contribution < 1.29 is 18.7 Å². The van der Waals surface area contributed by atoms with Crippen LogP contribution in [0.3, 0.4) is 0 Å². The van der Waals surface area contributed by atoms with Crippen molar-refractivity contribution in [1.29, 1.82) is 0 Å². The van der Waals surface area contributed by atoms with Gasteiger partial charge in [-0.05, 0) is 39.3 Å². The molecule has 110 valence electrons. The van der Waals surface area contributed by atoms with Crippen molar-refractivity contribution in [1.82, 2.24) is 5.32 Å². The van der Waals surface area contributed by atoms with Gasteiger partial charge in [-0.15, -0.1) is 0 Å². The van der Waals surface area contributed by atoms with Crippen LogP contribution in [0.4, 0.5) is 9.18 Å². The maximum atomic E-state index is 13.4. The number of nitrogens with one attached hydrogen (secondary N) is 1. The zero-order valence-corrected chi connectivity index (χ0v) is 12.0. The van der Waals surface area contributed by atoms with Crippen LogP contribution in [0.15, 0.2) is 24.3 Å². The Labute approximate surface area is 118 Å². The Morgan fingerprint density at radius 2 is 1.90 bits per heavy atom. The Hall–Kier alpha value is -1.91. The summed E-state index contributed by atoms with van der Waals surface area (Å²) in [6, 6.07) is 5.87. The van der Waals surface area contributed by atoms with Crippen molar-refractivity contribution in [2.45, 2.75) is 39.2 Å². The highest BCUT2D eigenvalue weighted by atomic mass is 19.1. The third-order valence-corrected chi connectivity index (χ3v) is 2.42. The molecule has 0 heterocycles. The highest BCUT2D eigenvalue weighted by Gasteiger charge is 2.16. The van der Waals surface area contributed by atoms with Crippen LogP contribution in [0.2, 0.25) is 0 Å². The maximum Gasteiger partial charge on any atom is 0.407 e. The number of Topliss-reactive ketones (excluding diaryl/α,β-unsaturated/α-hetero) is 1. The first-order valence-corrected chi connectivity index (χ1v) is 6.54. The molecule has 1 aromatic carbocycles. The van der Waals surface area contributed by atoms with Gasteiger partial charge in [-0.2, -0.15) is 0 Å². The van der Waals surface area contributed by atoms with Crippen molar-refractivity contribution in [3.8, 4) is 0 Å². The summed E-state index contributed by atoms with van der Waals surface area (Å²) < 4.78 is 18.4. The summed E-state index contributed by atoms with van der Waals surface area (Å²) >= 11 is 0. The first-order chi connectivity index (χ1) is 9.29. The molecule has 0 atom stereocenters. The molecule has 1 aromatic rings. The van der Waals surface area contributed by atoms with E-state index in [1.807, 2.05) is 0 Å². The number of carbonyl (C=O) groups excluding carboxylic acids is 2. The number of halogens is 1. The molecule has 0 aromatic heterocycles. The van der Waals surface area contributed by atoms with Crippen LogP contribution in [-0.2, 0) is 4.74 Å². The lowest BCUT2D eigenvalue weighted by molar-refractivity contribution is 0.0525. The molecule has 5 heteroatoms. The molecular weight excluding hydrogens is 261 g/mol. The van der Waals surface area contributed by atoms with E-state index in [4.69, 9.17) is 4.74 Å². The Bertz CT molecular complexity index is 480. The second-order valence-corrected chi connectivity index (χ2v) is 5.44. The van der Waals surface area contributed by atoms with Crippen LogP contribution in [0, 0.1) is 5.82 Å². The fourth-order valence-corrected chi connectivity index (χ4v) is 1.58. The van der Waals surface area contributed by atoms with Gasteiger partial charge in [0.1, 0.15) is 11.4 Å². The molecule has 1 rings (SSSR count). The molecule has 0 bridgehead atoms. The van der Waals surface area contributed by atoms with Gasteiger partial charge in [0.05, 0.1) is 5.56 Å². The number of hydrogen-bond donors (Lipinski definition) is 1. The zero-order valence-electron chi connectivity index (χ0n) is 12.0. The standard InChI is InChI=1S/C15H20FNO3/c1-15(2,3)20-14(19)17-10-6-9-13(18)11-7-4-5-8-12(11)16/h4-5,7-8H,6,9-10H2,1-3H3,(H,17,19). The van der Waals surface area contributed by atoms with Crippen molar-refractivity contribution in [3.05, 3.63) is 35.6 Å². The monoisotopic (exact) mass is 281 g/mol. The normalized spacial score (nSPS) is 11.0. The van der Waals surface area contributed by atoms with Crippen LogP contribution in [0.5, 0.6) is 0 Å². The second-order valence-electron chi connectivity index (χ2n) is 5.44. The first-order valence-electron chi connectivity index (χ1n) is 6.54. The summed E-state index contributed by atoms with van der Waals surface area (Å²) in [6.07, 6.45) is 0.0965. The molecule has 0 aliphatic rings. The van der Waals surface area contributed by atoms with Crippen molar-refractivity contribution >= 4 is 11.9 Å². The average molecular weight is 281 g/mol. The topological polar surface area (TPSA) is 55.4 Å². The van der Waals surface area contributed by atoms with Crippen LogP contribution in [0.25, 0.3) is 0 Å². The van der Waals surface area contributed by atoms with E-state index in [9.17, 15) is 14.0 Å². The quantitative estimate of drug-likeness (QED) is 0.665. The zero-order chi connectivity index (χ0) is 15.2.